The fourth-order valence-electron chi connectivity index (χ4n) is 6.46. The molecule has 320 valence electrons. The second-order valence-electron chi connectivity index (χ2n) is 15.3. The Hall–Kier alpha value is -3.15. The number of esters is 1. The quantitative estimate of drug-likeness (QED) is 0.0366. The van der Waals surface area contributed by atoms with Gasteiger partial charge in [0.25, 0.3) is 0 Å². The number of aliphatic carboxylic acids is 1. The molecule has 56 heavy (non-hydrogen) atoms. The van der Waals surface area contributed by atoms with Gasteiger partial charge in [-0.05, 0) is 89.5 Å². The molecule has 0 aliphatic heterocycles. The van der Waals surface area contributed by atoms with E-state index in [2.05, 4.69) is 92.1 Å². The molecule has 0 bridgehead atoms. The Bertz CT molecular complexity index is 1090. The predicted octanol–water partition coefficient (Wildman–Crippen LogP) is 14.6. The van der Waals surface area contributed by atoms with Crippen LogP contribution < -0.4 is 5.32 Å². The highest BCUT2D eigenvalue weighted by Crippen LogP contribution is 2.16. The summed E-state index contributed by atoms with van der Waals surface area (Å²) in [6.07, 6.45) is 60.6. The maximum absolute atomic E-state index is 12.7. The number of unbranched alkanes of at least 4 members (excludes halogenated alkanes) is 20. The number of nitrogens with one attached hydrogen (secondary N) is 1. The summed E-state index contributed by atoms with van der Waals surface area (Å²) in [7, 11) is 0. The molecule has 0 heterocycles. The number of carboxylic acids is 1. The standard InChI is InChI=1S/C50H85NO5/c1-3-5-7-9-11-13-15-16-17-18-19-20-21-22-23-24-25-26-28-30-32-37-41-45-50(55)56-47(42-38-34-31-29-27-14-12-10-8-6-4-2)43-39-35-33-36-40-44-48(52)51-46-49(53)54/h6,8,12,14-16,18-19,29,31,38,42,47H,3-5,7,9-11,13,17,20-28,30,32-37,39-41,43-46H2,1-2H3,(H,51,52)(H,53,54)/b8-6-,14-12-,16-15-,19-18-,31-29-,42-38-. The number of ether oxygens (including phenoxy) is 1. The van der Waals surface area contributed by atoms with Crippen LogP contribution in [0.25, 0.3) is 0 Å². The summed E-state index contributed by atoms with van der Waals surface area (Å²) < 4.78 is 5.92. The van der Waals surface area contributed by atoms with Gasteiger partial charge in [0.1, 0.15) is 12.6 Å². The Labute approximate surface area is 344 Å². The van der Waals surface area contributed by atoms with Crippen LogP contribution in [0.4, 0.5) is 0 Å². The van der Waals surface area contributed by atoms with E-state index < -0.39 is 5.97 Å². The van der Waals surface area contributed by atoms with Crippen LogP contribution >= 0.6 is 0 Å². The molecular formula is C50H85NO5. The van der Waals surface area contributed by atoms with Crippen LogP contribution in [0.2, 0.25) is 0 Å². The van der Waals surface area contributed by atoms with Crippen LogP contribution in [-0.4, -0.2) is 35.6 Å². The maximum Gasteiger partial charge on any atom is 0.322 e. The van der Waals surface area contributed by atoms with E-state index in [-0.39, 0.29) is 24.5 Å². The van der Waals surface area contributed by atoms with Gasteiger partial charge in [-0.15, -0.1) is 0 Å². The van der Waals surface area contributed by atoms with Crippen LogP contribution in [0, 0.1) is 0 Å². The molecule has 1 unspecified atom stereocenters. The second-order valence-corrected chi connectivity index (χ2v) is 15.3. The molecule has 6 nitrogen and oxygen atoms in total. The van der Waals surface area contributed by atoms with E-state index in [4.69, 9.17) is 9.84 Å². The van der Waals surface area contributed by atoms with Crippen LogP contribution in [0.15, 0.2) is 72.9 Å². The normalized spacial score (nSPS) is 12.8. The summed E-state index contributed by atoms with van der Waals surface area (Å²) in [6.45, 7) is 4.09. The monoisotopic (exact) mass is 780 g/mol. The first-order valence-corrected chi connectivity index (χ1v) is 23.1. The molecule has 0 aromatic carbocycles. The third kappa shape index (κ3) is 43.6. The van der Waals surface area contributed by atoms with Gasteiger partial charge < -0.3 is 15.2 Å². The fourth-order valence-corrected chi connectivity index (χ4v) is 6.46. The number of carboxylic acid groups (broad SMARTS) is 1. The molecule has 0 spiro atoms. The van der Waals surface area contributed by atoms with Crippen molar-refractivity contribution in [3.05, 3.63) is 72.9 Å². The van der Waals surface area contributed by atoms with E-state index in [0.717, 1.165) is 83.5 Å². The third-order valence-corrected chi connectivity index (χ3v) is 9.85. The Morgan fingerprint density at radius 2 is 0.929 bits per heavy atom. The van der Waals surface area contributed by atoms with Gasteiger partial charge in [0.05, 0.1) is 0 Å². The van der Waals surface area contributed by atoms with Gasteiger partial charge in [0.2, 0.25) is 5.91 Å². The van der Waals surface area contributed by atoms with Gasteiger partial charge in [-0.3, -0.25) is 14.4 Å². The van der Waals surface area contributed by atoms with Crippen LogP contribution in [0.1, 0.15) is 213 Å². The summed E-state index contributed by atoms with van der Waals surface area (Å²) in [5.41, 5.74) is 0. The zero-order valence-electron chi connectivity index (χ0n) is 36.2. The average molecular weight is 780 g/mol. The fraction of sp³-hybridized carbons (Fsp3) is 0.700. The maximum atomic E-state index is 12.7. The van der Waals surface area contributed by atoms with Gasteiger partial charge in [0, 0.05) is 12.8 Å². The lowest BCUT2D eigenvalue weighted by Gasteiger charge is -2.14. The summed E-state index contributed by atoms with van der Waals surface area (Å²) in [5.74, 6) is -1.34. The molecule has 0 aromatic rings. The summed E-state index contributed by atoms with van der Waals surface area (Å²) in [4.78, 5) is 35.0. The Morgan fingerprint density at radius 1 is 0.500 bits per heavy atom. The van der Waals surface area contributed by atoms with Gasteiger partial charge in [0.15, 0.2) is 0 Å². The predicted molar refractivity (Wildman–Crippen MR) is 240 cm³/mol. The number of allylic oxidation sites excluding steroid dienone is 11. The molecule has 0 aliphatic carbocycles. The molecular weight excluding hydrogens is 695 g/mol. The topological polar surface area (TPSA) is 92.7 Å². The molecule has 0 saturated carbocycles. The second kappa shape index (κ2) is 44.6. The number of carbonyl (C=O) groups excluding carboxylic acids is 2. The first-order chi connectivity index (χ1) is 27.5. The Kier molecular flexibility index (Phi) is 42.1. The lowest BCUT2D eigenvalue weighted by molar-refractivity contribution is -0.147. The molecule has 0 fully saturated rings. The molecule has 0 aromatic heterocycles. The van der Waals surface area contributed by atoms with E-state index in [9.17, 15) is 14.4 Å². The number of carbonyl (C=O) groups is 3. The Morgan fingerprint density at radius 3 is 1.45 bits per heavy atom. The lowest BCUT2D eigenvalue weighted by Crippen LogP contribution is -2.28. The summed E-state index contributed by atoms with van der Waals surface area (Å²) >= 11 is 0. The number of hydrogen-bond donors (Lipinski definition) is 2. The zero-order chi connectivity index (χ0) is 40.8. The van der Waals surface area contributed by atoms with Crippen molar-refractivity contribution < 1.29 is 24.2 Å². The van der Waals surface area contributed by atoms with Crippen molar-refractivity contribution in [3.63, 3.8) is 0 Å². The first kappa shape index (κ1) is 52.9. The highest BCUT2D eigenvalue weighted by Gasteiger charge is 2.11. The molecule has 0 saturated heterocycles. The van der Waals surface area contributed by atoms with E-state index in [1.807, 2.05) is 0 Å². The van der Waals surface area contributed by atoms with Gasteiger partial charge >= 0.3 is 11.9 Å². The molecule has 1 atom stereocenters. The van der Waals surface area contributed by atoms with E-state index in [1.54, 1.807) is 0 Å². The van der Waals surface area contributed by atoms with Crippen molar-refractivity contribution in [1.82, 2.24) is 5.32 Å². The van der Waals surface area contributed by atoms with Crippen LogP contribution in [0.3, 0.4) is 0 Å². The Balaban J connectivity index is 4.13. The summed E-state index contributed by atoms with van der Waals surface area (Å²) in [6, 6.07) is 0. The minimum Gasteiger partial charge on any atom is -0.480 e. The number of rotatable bonds is 41. The molecule has 2 N–H and O–H groups in total. The third-order valence-electron chi connectivity index (χ3n) is 9.85. The summed E-state index contributed by atoms with van der Waals surface area (Å²) in [5, 5.41) is 11.1. The smallest absolute Gasteiger partial charge is 0.322 e. The van der Waals surface area contributed by atoms with Crippen LogP contribution in [0.5, 0.6) is 0 Å². The van der Waals surface area contributed by atoms with E-state index in [0.29, 0.717) is 12.8 Å². The minimum absolute atomic E-state index is 0.0966. The first-order valence-electron chi connectivity index (χ1n) is 23.1. The molecule has 0 rings (SSSR count). The number of amides is 1. The molecule has 6 heteroatoms. The van der Waals surface area contributed by atoms with Gasteiger partial charge in [-0.25, -0.2) is 0 Å². The van der Waals surface area contributed by atoms with Crippen molar-refractivity contribution in [2.75, 3.05) is 6.54 Å². The van der Waals surface area contributed by atoms with Crippen molar-refractivity contribution in [3.8, 4) is 0 Å². The SMILES string of the molecule is CC/C=C\C/C=C\C/C=C\C/C=C\C(CCCCCCCC(=O)NCC(=O)O)OC(=O)CCCCCCCCCCCCC/C=C\C/C=C\CCCCCCC. The minimum atomic E-state index is -1.03. The van der Waals surface area contributed by atoms with E-state index in [1.165, 1.54) is 103 Å². The largest absolute Gasteiger partial charge is 0.480 e. The number of hydrogen-bond acceptors (Lipinski definition) is 4. The highest BCUT2D eigenvalue weighted by molar-refractivity contribution is 5.80. The molecule has 1 amide bonds. The van der Waals surface area contributed by atoms with Crippen molar-refractivity contribution in [1.29, 1.82) is 0 Å². The molecule has 0 radical (unpaired) electrons. The van der Waals surface area contributed by atoms with Crippen molar-refractivity contribution in [2.45, 2.75) is 219 Å². The molecule has 0 aliphatic rings. The van der Waals surface area contributed by atoms with Crippen molar-refractivity contribution in [2.24, 2.45) is 0 Å². The highest BCUT2D eigenvalue weighted by atomic mass is 16.5. The van der Waals surface area contributed by atoms with Gasteiger partial charge in [-0.1, -0.05) is 183 Å². The van der Waals surface area contributed by atoms with Gasteiger partial charge in [-0.2, -0.15) is 0 Å². The van der Waals surface area contributed by atoms with E-state index >= 15 is 0 Å². The zero-order valence-corrected chi connectivity index (χ0v) is 36.2. The lowest BCUT2D eigenvalue weighted by atomic mass is 10.0. The van der Waals surface area contributed by atoms with Crippen LogP contribution in [-0.2, 0) is 19.1 Å². The average Bonchev–Trinajstić information content (AvgIpc) is 3.18. The van der Waals surface area contributed by atoms with Crippen molar-refractivity contribution >= 4 is 17.8 Å².